The summed E-state index contributed by atoms with van der Waals surface area (Å²) in [5.74, 6) is -2.69. The lowest BCUT2D eigenvalue weighted by atomic mass is 10.0. The number of aryl methyl sites for hydroxylation is 1. The van der Waals surface area contributed by atoms with Crippen LogP contribution in [0.25, 0.3) is 0 Å². The van der Waals surface area contributed by atoms with Crippen LogP contribution in [-0.2, 0) is 30.5 Å². The predicted molar refractivity (Wildman–Crippen MR) is 121 cm³/mol. The Morgan fingerprint density at radius 1 is 1.14 bits per heavy atom. The average molecular weight is 520 g/mol. The maximum atomic E-state index is 14.2. The lowest BCUT2D eigenvalue weighted by Crippen LogP contribution is -2.53. The van der Waals surface area contributed by atoms with Crippen molar-refractivity contribution in [1.29, 1.82) is 0 Å². The zero-order valence-corrected chi connectivity index (χ0v) is 19.3. The van der Waals surface area contributed by atoms with E-state index in [-0.39, 0.29) is 24.9 Å². The minimum absolute atomic E-state index is 0.235. The highest BCUT2D eigenvalue weighted by atomic mass is 19.4. The molecule has 0 aromatic carbocycles. The van der Waals surface area contributed by atoms with Crippen LogP contribution in [-0.4, -0.2) is 55.7 Å². The van der Waals surface area contributed by atoms with Gasteiger partial charge in [-0.3, -0.25) is 14.5 Å². The first-order valence-electron chi connectivity index (χ1n) is 11.7. The van der Waals surface area contributed by atoms with Crippen molar-refractivity contribution in [3.8, 4) is 0 Å². The Kier molecular flexibility index (Phi) is 5.31. The monoisotopic (exact) mass is 520 g/mol. The van der Waals surface area contributed by atoms with Crippen LogP contribution < -0.4 is 15.1 Å². The van der Waals surface area contributed by atoms with Gasteiger partial charge in [-0.15, -0.1) is 0 Å². The lowest BCUT2D eigenvalue weighted by molar-refractivity contribution is -0.141. The molecule has 0 spiro atoms. The largest absolute Gasteiger partial charge is 0.433 e. The summed E-state index contributed by atoms with van der Waals surface area (Å²) in [6.07, 6.45) is 0.760. The molecule has 37 heavy (non-hydrogen) atoms. The van der Waals surface area contributed by atoms with Crippen LogP contribution in [0.15, 0.2) is 30.7 Å². The van der Waals surface area contributed by atoms with Crippen molar-refractivity contribution < 1.29 is 26.7 Å². The summed E-state index contributed by atoms with van der Waals surface area (Å²) in [6.45, 7) is 0.412. The van der Waals surface area contributed by atoms with Crippen molar-refractivity contribution >= 4 is 23.4 Å². The molecule has 0 unspecified atom stereocenters. The number of nitrogens with zero attached hydrogens (tertiary/aromatic N) is 7. The number of nitrogens with one attached hydrogen (secondary N) is 1. The van der Waals surface area contributed by atoms with Crippen molar-refractivity contribution in [3.63, 3.8) is 0 Å². The average Bonchev–Trinajstić information content (AvgIpc) is 3.43. The van der Waals surface area contributed by atoms with E-state index < -0.39 is 36.8 Å². The summed E-state index contributed by atoms with van der Waals surface area (Å²) >= 11 is 0. The van der Waals surface area contributed by atoms with E-state index in [4.69, 9.17) is 0 Å². The predicted octanol–water partition coefficient (Wildman–Crippen LogP) is 3.25. The highest BCUT2D eigenvalue weighted by Gasteiger charge is 2.54. The fourth-order valence-corrected chi connectivity index (χ4v) is 5.03. The van der Waals surface area contributed by atoms with Crippen LogP contribution in [0.2, 0.25) is 0 Å². The SMILES string of the molecule is O=C1[C@@H]2CC(F)(F)CN2c2nc(NCc3cnn(Cc4ccc(C(F)(F)F)nc4)c3)nc3c2N1CCC3. The number of hydrogen-bond acceptors (Lipinski definition) is 7. The van der Waals surface area contributed by atoms with Crippen LogP contribution >= 0.6 is 0 Å². The maximum Gasteiger partial charge on any atom is 0.433 e. The summed E-state index contributed by atoms with van der Waals surface area (Å²) in [6, 6.07) is 1.34. The number of hydrogen-bond donors (Lipinski definition) is 1. The smallest absolute Gasteiger partial charge is 0.350 e. The number of amides is 1. The Morgan fingerprint density at radius 3 is 2.73 bits per heavy atom. The van der Waals surface area contributed by atoms with E-state index >= 15 is 0 Å². The Morgan fingerprint density at radius 2 is 1.97 bits per heavy atom. The summed E-state index contributed by atoms with van der Waals surface area (Å²) in [5.41, 5.74) is 1.53. The van der Waals surface area contributed by atoms with Gasteiger partial charge in [-0.2, -0.15) is 23.3 Å². The van der Waals surface area contributed by atoms with Gasteiger partial charge in [-0.1, -0.05) is 6.07 Å². The molecule has 3 aliphatic heterocycles. The number of pyridine rings is 1. The van der Waals surface area contributed by atoms with Crippen molar-refractivity contribution in [3.05, 3.63) is 53.2 Å². The van der Waals surface area contributed by atoms with Crippen LogP contribution in [0.4, 0.5) is 39.4 Å². The number of fused-ring (bicyclic) bond motifs is 2. The van der Waals surface area contributed by atoms with Gasteiger partial charge in [-0.25, -0.2) is 13.8 Å². The highest BCUT2D eigenvalue weighted by molar-refractivity contribution is 6.06. The van der Waals surface area contributed by atoms with Gasteiger partial charge >= 0.3 is 6.18 Å². The van der Waals surface area contributed by atoms with Gasteiger partial charge in [0.1, 0.15) is 17.4 Å². The van der Waals surface area contributed by atoms with Crippen molar-refractivity contribution in [1.82, 2.24) is 24.7 Å². The molecule has 194 valence electrons. The molecule has 0 aliphatic carbocycles. The summed E-state index contributed by atoms with van der Waals surface area (Å²) in [7, 11) is 0. The fourth-order valence-electron chi connectivity index (χ4n) is 5.03. The normalized spacial score (nSPS) is 20.1. The first-order valence-corrected chi connectivity index (χ1v) is 11.7. The minimum atomic E-state index is -4.50. The fraction of sp³-hybridized carbons (Fsp3) is 0.435. The number of halogens is 5. The van der Waals surface area contributed by atoms with E-state index in [1.54, 1.807) is 22.0 Å². The molecule has 0 bridgehead atoms. The van der Waals surface area contributed by atoms with Gasteiger partial charge in [0, 0.05) is 37.5 Å². The molecule has 6 heterocycles. The molecule has 1 fully saturated rings. The summed E-state index contributed by atoms with van der Waals surface area (Å²) in [5, 5.41) is 7.34. The zero-order valence-electron chi connectivity index (χ0n) is 19.3. The van der Waals surface area contributed by atoms with E-state index in [9.17, 15) is 26.7 Å². The van der Waals surface area contributed by atoms with Crippen LogP contribution in [0, 0.1) is 0 Å². The van der Waals surface area contributed by atoms with Gasteiger partial charge in [0.2, 0.25) is 11.9 Å². The second kappa shape index (κ2) is 8.35. The highest BCUT2D eigenvalue weighted by Crippen LogP contribution is 2.46. The van der Waals surface area contributed by atoms with E-state index in [0.717, 1.165) is 17.8 Å². The third-order valence-electron chi connectivity index (χ3n) is 6.69. The second-order valence-corrected chi connectivity index (χ2v) is 9.41. The van der Waals surface area contributed by atoms with Gasteiger partial charge in [-0.05, 0) is 24.5 Å². The zero-order chi connectivity index (χ0) is 25.9. The lowest BCUT2D eigenvalue weighted by Gasteiger charge is -2.41. The topological polar surface area (TPSA) is 92.1 Å². The first-order chi connectivity index (χ1) is 17.6. The van der Waals surface area contributed by atoms with Crippen LogP contribution in [0.3, 0.4) is 0 Å². The number of anilines is 3. The first kappa shape index (κ1) is 23.6. The number of carbonyl (C=O) groups is 1. The molecule has 9 nitrogen and oxygen atoms in total. The number of alkyl halides is 5. The van der Waals surface area contributed by atoms with E-state index in [1.165, 1.54) is 11.0 Å². The van der Waals surface area contributed by atoms with E-state index in [2.05, 4.69) is 25.4 Å². The molecule has 1 amide bonds. The third-order valence-corrected chi connectivity index (χ3v) is 6.69. The Hall–Kier alpha value is -3.84. The second-order valence-electron chi connectivity index (χ2n) is 9.41. The minimum Gasteiger partial charge on any atom is -0.350 e. The Labute approximate surface area is 207 Å². The Bertz CT molecular complexity index is 1360. The van der Waals surface area contributed by atoms with Gasteiger partial charge in [0.25, 0.3) is 5.92 Å². The molecule has 1 atom stereocenters. The Balaban J connectivity index is 1.18. The van der Waals surface area contributed by atoms with Crippen molar-refractivity contribution in [2.75, 3.05) is 28.2 Å². The van der Waals surface area contributed by atoms with Gasteiger partial charge < -0.3 is 15.1 Å². The molecular formula is C23H21F5N8O. The number of rotatable bonds is 5. The molecular weight excluding hydrogens is 499 g/mol. The van der Waals surface area contributed by atoms with Crippen molar-refractivity contribution in [2.45, 2.75) is 50.5 Å². The molecule has 0 saturated carbocycles. The summed E-state index contributed by atoms with van der Waals surface area (Å²) < 4.78 is 68.1. The standard InChI is InChI=1S/C23H21F5N8O/c24-22(25)6-16-20(37)35-5-1-2-15-18(35)19(36(16)12-22)33-21(32-15)30-8-14-9-31-34(11-14)10-13-3-4-17(29-7-13)23(26,27)28/h3-4,7,9,11,16H,1-2,5-6,8,10,12H2,(H,30,32,33)/t16-/m0/s1. The molecule has 1 N–H and O–H groups in total. The third kappa shape index (κ3) is 4.33. The van der Waals surface area contributed by atoms with E-state index in [0.29, 0.717) is 42.1 Å². The molecule has 14 heteroatoms. The molecule has 3 aliphatic rings. The van der Waals surface area contributed by atoms with E-state index in [1.807, 2.05) is 0 Å². The molecule has 0 radical (unpaired) electrons. The quantitative estimate of drug-likeness (QED) is 0.517. The van der Waals surface area contributed by atoms with Gasteiger partial charge in [0.15, 0.2) is 5.82 Å². The van der Waals surface area contributed by atoms with Crippen molar-refractivity contribution in [2.24, 2.45) is 0 Å². The van der Waals surface area contributed by atoms with Crippen LogP contribution in [0.1, 0.15) is 35.4 Å². The molecule has 3 aromatic heterocycles. The maximum absolute atomic E-state index is 14.2. The number of carbonyl (C=O) groups excluding carboxylic acids is 1. The van der Waals surface area contributed by atoms with Crippen LogP contribution in [0.5, 0.6) is 0 Å². The molecule has 3 aromatic rings. The molecule has 1 saturated heterocycles. The number of aromatic nitrogens is 5. The molecule has 6 rings (SSSR count). The van der Waals surface area contributed by atoms with Gasteiger partial charge in [0.05, 0.1) is 25.0 Å². The summed E-state index contributed by atoms with van der Waals surface area (Å²) in [4.78, 5) is 28.3.